The van der Waals surface area contributed by atoms with Crippen LogP contribution >= 0.6 is 15.9 Å². The van der Waals surface area contributed by atoms with Crippen LogP contribution in [0, 0.1) is 5.82 Å². The van der Waals surface area contributed by atoms with Crippen molar-refractivity contribution in [2.75, 3.05) is 10.6 Å². The number of anilines is 3. The zero-order valence-corrected chi connectivity index (χ0v) is 19.9. The molecule has 2 amide bonds. The molecule has 0 fully saturated rings. The van der Waals surface area contributed by atoms with Gasteiger partial charge in [-0.25, -0.2) is 14.4 Å². The number of primary amides is 1. The highest BCUT2D eigenvalue weighted by atomic mass is 79.9. The standard InChI is InChI=1S/C24H16BrFN8O2/c25-18-4-2-1-3-15(18)16-9-12-10-28-24(30-14-7-5-13(26)6-8-14)33-21(12)31-19(16)23(36)32-22-17(20(27)35)11-29-34-22/h1-11H,(H2,27,35)(H,28,30,31,33)(H2,29,32,34,36). The van der Waals surface area contributed by atoms with Gasteiger partial charge in [0.2, 0.25) is 5.95 Å². The number of carbonyl (C=O) groups excluding carboxylic acids is 2. The number of halogens is 2. The lowest BCUT2D eigenvalue weighted by molar-refractivity contribution is 0.100. The van der Waals surface area contributed by atoms with E-state index in [4.69, 9.17) is 5.73 Å². The average Bonchev–Trinajstić information content (AvgIpc) is 3.33. The van der Waals surface area contributed by atoms with Gasteiger partial charge in [-0.2, -0.15) is 10.1 Å². The van der Waals surface area contributed by atoms with Crippen molar-refractivity contribution < 1.29 is 14.0 Å². The first-order chi connectivity index (χ1) is 17.4. The van der Waals surface area contributed by atoms with E-state index in [1.807, 2.05) is 24.3 Å². The highest BCUT2D eigenvalue weighted by Gasteiger charge is 2.21. The van der Waals surface area contributed by atoms with Gasteiger partial charge in [-0.15, -0.1) is 0 Å². The molecule has 0 aliphatic rings. The number of carbonyl (C=O) groups is 2. The molecule has 5 rings (SSSR count). The van der Waals surface area contributed by atoms with E-state index in [1.54, 1.807) is 24.4 Å². The largest absolute Gasteiger partial charge is 0.365 e. The zero-order chi connectivity index (χ0) is 25.2. The van der Waals surface area contributed by atoms with Crippen LogP contribution in [0.15, 0.2) is 71.5 Å². The molecule has 12 heteroatoms. The number of hydrogen-bond acceptors (Lipinski definition) is 7. The fourth-order valence-corrected chi connectivity index (χ4v) is 3.98. The van der Waals surface area contributed by atoms with Gasteiger partial charge in [-0.1, -0.05) is 34.1 Å². The molecule has 5 aromatic rings. The SMILES string of the molecule is NC(=O)c1cn[nH]c1NC(=O)c1nc2nc(Nc3ccc(F)cc3)ncc2cc1-c1ccccc1Br. The lowest BCUT2D eigenvalue weighted by atomic mass is 10.0. The van der Waals surface area contributed by atoms with Gasteiger partial charge in [-0.05, 0) is 42.0 Å². The number of nitrogens with two attached hydrogens (primary N) is 1. The Morgan fingerprint density at radius 1 is 1.00 bits per heavy atom. The third-order valence-corrected chi connectivity index (χ3v) is 5.88. The summed E-state index contributed by atoms with van der Waals surface area (Å²) in [5.41, 5.74) is 7.48. The van der Waals surface area contributed by atoms with Crippen molar-refractivity contribution in [3.8, 4) is 11.1 Å². The first-order valence-corrected chi connectivity index (χ1v) is 11.3. The Morgan fingerprint density at radius 3 is 2.53 bits per heavy atom. The minimum absolute atomic E-state index is 0.0275. The van der Waals surface area contributed by atoms with Gasteiger partial charge >= 0.3 is 0 Å². The van der Waals surface area contributed by atoms with E-state index in [0.717, 1.165) is 4.47 Å². The molecule has 0 saturated carbocycles. The minimum atomic E-state index is -0.749. The summed E-state index contributed by atoms with van der Waals surface area (Å²) in [6.45, 7) is 0. The second kappa shape index (κ2) is 9.50. The van der Waals surface area contributed by atoms with Crippen molar-refractivity contribution in [1.82, 2.24) is 25.1 Å². The van der Waals surface area contributed by atoms with Crippen molar-refractivity contribution in [3.63, 3.8) is 0 Å². The normalized spacial score (nSPS) is 10.8. The van der Waals surface area contributed by atoms with Gasteiger partial charge in [0.15, 0.2) is 5.65 Å². The monoisotopic (exact) mass is 546 g/mol. The molecular weight excluding hydrogens is 531 g/mol. The van der Waals surface area contributed by atoms with Gasteiger partial charge in [0.1, 0.15) is 22.9 Å². The maximum Gasteiger partial charge on any atom is 0.276 e. The number of aromatic amines is 1. The number of benzene rings is 2. The second-order valence-electron chi connectivity index (χ2n) is 7.58. The van der Waals surface area contributed by atoms with Crippen molar-refractivity contribution in [1.29, 1.82) is 0 Å². The summed E-state index contributed by atoms with van der Waals surface area (Å²) >= 11 is 3.52. The van der Waals surface area contributed by atoms with E-state index in [9.17, 15) is 14.0 Å². The molecule has 0 radical (unpaired) electrons. The Labute approximate surface area is 211 Å². The average molecular weight is 547 g/mol. The van der Waals surface area contributed by atoms with E-state index in [-0.39, 0.29) is 34.5 Å². The van der Waals surface area contributed by atoms with Gasteiger partial charge < -0.3 is 16.4 Å². The van der Waals surface area contributed by atoms with Crippen LogP contribution in [0.4, 0.5) is 21.8 Å². The van der Waals surface area contributed by atoms with Crippen LogP contribution in [0.1, 0.15) is 20.8 Å². The number of nitrogens with zero attached hydrogens (tertiary/aromatic N) is 4. The first kappa shape index (κ1) is 23.1. The molecule has 2 aromatic carbocycles. The first-order valence-electron chi connectivity index (χ1n) is 10.5. The Hall–Kier alpha value is -4.71. The summed E-state index contributed by atoms with van der Waals surface area (Å²) in [6, 6.07) is 14.8. The quantitative estimate of drug-likeness (QED) is 0.246. The van der Waals surface area contributed by atoms with Crippen LogP contribution < -0.4 is 16.4 Å². The Kier molecular flexibility index (Phi) is 6.09. The van der Waals surface area contributed by atoms with E-state index in [1.165, 1.54) is 18.3 Å². The third-order valence-electron chi connectivity index (χ3n) is 5.19. The summed E-state index contributed by atoms with van der Waals surface area (Å²) in [7, 11) is 0. The fraction of sp³-hybridized carbons (Fsp3) is 0. The zero-order valence-electron chi connectivity index (χ0n) is 18.3. The Bertz CT molecular complexity index is 1620. The predicted molar refractivity (Wildman–Crippen MR) is 135 cm³/mol. The van der Waals surface area contributed by atoms with E-state index >= 15 is 0 Å². The molecule has 3 aromatic heterocycles. The smallest absolute Gasteiger partial charge is 0.276 e. The van der Waals surface area contributed by atoms with Crippen LogP contribution in [0.25, 0.3) is 22.2 Å². The molecular formula is C24H16BrFN8O2. The summed E-state index contributed by atoms with van der Waals surface area (Å²) < 4.78 is 14.0. The summed E-state index contributed by atoms with van der Waals surface area (Å²) in [5.74, 6) is -1.46. The van der Waals surface area contributed by atoms with Gasteiger partial charge in [0.05, 0.1) is 6.20 Å². The highest BCUT2D eigenvalue weighted by molar-refractivity contribution is 9.10. The minimum Gasteiger partial charge on any atom is -0.365 e. The molecule has 0 bridgehead atoms. The van der Waals surface area contributed by atoms with E-state index in [2.05, 4.69) is 51.7 Å². The number of H-pyrrole nitrogens is 1. The molecule has 0 spiro atoms. The molecule has 0 saturated heterocycles. The highest BCUT2D eigenvalue weighted by Crippen LogP contribution is 2.32. The number of pyridine rings is 1. The second-order valence-corrected chi connectivity index (χ2v) is 8.43. The Morgan fingerprint density at radius 2 is 1.78 bits per heavy atom. The molecule has 178 valence electrons. The number of fused-ring (bicyclic) bond motifs is 1. The molecule has 36 heavy (non-hydrogen) atoms. The lowest BCUT2D eigenvalue weighted by Gasteiger charge is -2.13. The van der Waals surface area contributed by atoms with Gasteiger partial charge in [0, 0.05) is 27.3 Å². The van der Waals surface area contributed by atoms with Crippen molar-refractivity contribution in [2.24, 2.45) is 5.73 Å². The van der Waals surface area contributed by atoms with Crippen LogP contribution in [-0.2, 0) is 0 Å². The van der Waals surface area contributed by atoms with Crippen molar-refractivity contribution in [2.45, 2.75) is 0 Å². The number of rotatable bonds is 6. The van der Waals surface area contributed by atoms with E-state index in [0.29, 0.717) is 22.2 Å². The number of aromatic nitrogens is 5. The molecule has 0 aliphatic heterocycles. The van der Waals surface area contributed by atoms with Crippen molar-refractivity contribution >= 4 is 56.2 Å². The van der Waals surface area contributed by atoms with Gasteiger partial charge in [0.25, 0.3) is 11.8 Å². The number of amides is 2. The molecule has 0 unspecified atom stereocenters. The predicted octanol–water partition coefficient (Wildman–Crippen LogP) is 4.41. The molecule has 10 nitrogen and oxygen atoms in total. The molecule has 5 N–H and O–H groups in total. The van der Waals surface area contributed by atoms with E-state index < -0.39 is 11.8 Å². The molecule has 0 aliphatic carbocycles. The number of nitrogens with one attached hydrogen (secondary N) is 3. The maximum absolute atomic E-state index is 13.4. The summed E-state index contributed by atoms with van der Waals surface area (Å²) in [4.78, 5) is 38.3. The van der Waals surface area contributed by atoms with Crippen LogP contribution in [0.5, 0.6) is 0 Å². The van der Waals surface area contributed by atoms with Crippen LogP contribution in [0.2, 0.25) is 0 Å². The topological polar surface area (TPSA) is 152 Å². The third kappa shape index (κ3) is 4.61. The Balaban J connectivity index is 1.59. The summed E-state index contributed by atoms with van der Waals surface area (Å²) in [5, 5.41) is 12.5. The van der Waals surface area contributed by atoms with Crippen molar-refractivity contribution in [3.05, 3.63) is 88.5 Å². The lowest BCUT2D eigenvalue weighted by Crippen LogP contribution is -2.19. The summed E-state index contributed by atoms with van der Waals surface area (Å²) in [6.07, 6.45) is 2.80. The van der Waals surface area contributed by atoms with Gasteiger partial charge in [-0.3, -0.25) is 14.7 Å². The van der Waals surface area contributed by atoms with Crippen LogP contribution in [-0.4, -0.2) is 37.0 Å². The molecule has 3 heterocycles. The molecule has 0 atom stereocenters. The van der Waals surface area contributed by atoms with Crippen LogP contribution in [0.3, 0.4) is 0 Å². The fourth-order valence-electron chi connectivity index (χ4n) is 3.49. The number of hydrogen-bond donors (Lipinski definition) is 4. The maximum atomic E-state index is 13.4.